The molecule has 0 bridgehead atoms. The molecule has 1 N–H and O–H groups in total. The van der Waals surface area contributed by atoms with Crippen LogP contribution in [-0.2, 0) is 6.18 Å². The van der Waals surface area contributed by atoms with Gasteiger partial charge in [0.2, 0.25) is 0 Å². The number of hydrogen-bond acceptors (Lipinski definition) is 6. The van der Waals surface area contributed by atoms with Crippen LogP contribution in [-0.4, -0.2) is 25.4 Å². The van der Waals surface area contributed by atoms with Crippen molar-refractivity contribution in [1.82, 2.24) is 0 Å². The Labute approximate surface area is 160 Å². The van der Waals surface area contributed by atoms with Gasteiger partial charge < -0.3 is 9.47 Å². The van der Waals surface area contributed by atoms with Crippen molar-refractivity contribution >= 4 is 33.5 Å². The number of benzene rings is 2. The zero-order valence-corrected chi connectivity index (χ0v) is 15.6. The van der Waals surface area contributed by atoms with Crippen LogP contribution in [0.3, 0.4) is 0 Å². The molecular weight excluding hydrogens is 435 g/mol. The summed E-state index contributed by atoms with van der Waals surface area (Å²) >= 11 is 3.32. The van der Waals surface area contributed by atoms with Crippen molar-refractivity contribution in [2.45, 2.75) is 6.18 Å². The van der Waals surface area contributed by atoms with Gasteiger partial charge in [-0.1, -0.05) is 0 Å². The number of hydrogen-bond donors (Lipinski definition) is 1. The lowest BCUT2D eigenvalue weighted by Gasteiger charge is -2.10. The Hall–Kier alpha value is -2.82. The number of nitro groups is 1. The third-order valence-corrected chi connectivity index (χ3v) is 4.10. The van der Waals surface area contributed by atoms with Crippen LogP contribution in [0.4, 0.5) is 24.5 Å². The third kappa shape index (κ3) is 4.88. The largest absolute Gasteiger partial charge is 0.493 e. The van der Waals surface area contributed by atoms with E-state index in [1.54, 1.807) is 12.1 Å². The second-order valence-electron chi connectivity index (χ2n) is 5.09. The smallest absolute Gasteiger partial charge is 0.416 e. The van der Waals surface area contributed by atoms with Crippen LogP contribution in [0.1, 0.15) is 11.1 Å². The van der Waals surface area contributed by atoms with E-state index in [2.05, 4.69) is 26.5 Å². The summed E-state index contributed by atoms with van der Waals surface area (Å²) in [7, 11) is 2.93. The van der Waals surface area contributed by atoms with Crippen molar-refractivity contribution < 1.29 is 27.6 Å². The minimum absolute atomic E-state index is 0.180. The van der Waals surface area contributed by atoms with Crippen molar-refractivity contribution in [3.05, 3.63) is 56.0 Å². The standard InChI is InChI=1S/C16H13BrF3N3O4/c1-26-14-5-9(11(17)7-15(14)27-2)8-21-22-12-4-3-10(16(18,19)20)6-13(12)23(24)25/h3-8,22H,1-2H3/b21-8-. The van der Waals surface area contributed by atoms with E-state index in [0.29, 0.717) is 27.6 Å². The van der Waals surface area contributed by atoms with Gasteiger partial charge in [0.05, 0.1) is 30.9 Å². The van der Waals surface area contributed by atoms with Crippen molar-refractivity contribution in [1.29, 1.82) is 0 Å². The molecular formula is C16H13BrF3N3O4. The summed E-state index contributed by atoms with van der Waals surface area (Å²) < 4.78 is 49.1. The van der Waals surface area contributed by atoms with Crippen LogP contribution in [0.5, 0.6) is 11.5 Å². The van der Waals surface area contributed by atoms with Crippen LogP contribution in [0.15, 0.2) is 39.9 Å². The first-order chi connectivity index (χ1) is 12.7. The van der Waals surface area contributed by atoms with E-state index in [4.69, 9.17) is 9.47 Å². The predicted molar refractivity (Wildman–Crippen MR) is 96.6 cm³/mol. The molecule has 0 saturated carbocycles. The molecule has 2 aromatic rings. The fourth-order valence-corrected chi connectivity index (χ4v) is 2.52. The van der Waals surface area contributed by atoms with Gasteiger partial charge in [-0.2, -0.15) is 18.3 Å². The summed E-state index contributed by atoms with van der Waals surface area (Å²) in [6.45, 7) is 0. The van der Waals surface area contributed by atoms with Gasteiger partial charge >= 0.3 is 6.18 Å². The molecule has 2 rings (SSSR count). The molecule has 0 aliphatic carbocycles. The minimum atomic E-state index is -4.68. The lowest BCUT2D eigenvalue weighted by atomic mass is 10.1. The van der Waals surface area contributed by atoms with E-state index >= 15 is 0 Å². The molecule has 2 aromatic carbocycles. The molecule has 0 atom stereocenters. The van der Waals surface area contributed by atoms with Crippen molar-refractivity contribution in [3.8, 4) is 11.5 Å². The van der Waals surface area contributed by atoms with Gasteiger partial charge in [0.25, 0.3) is 5.69 Å². The number of anilines is 1. The number of nitrogens with one attached hydrogen (secondary N) is 1. The Morgan fingerprint density at radius 3 is 2.37 bits per heavy atom. The zero-order chi connectivity index (χ0) is 20.2. The highest BCUT2D eigenvalue weighted by atomic mass is 79.9. The Morgan fingerprint density at radius 2 is 1.81 bits per heavy atom. The van der Waals surface area contributed by atoms with E-state index < -0.39 is 22.4 Å². The normalized spacial score (nSPS) is 11.5. The molecule has 0 radical (unpaired) electrons. The lowest BCUT2D eigenvalue weighted by Crippen LogP contribution is -2.06. The first-order valence-electron chi connectivity index (χ1n) is 7.23. The maximum absolute atomic E-state index is 12.7. The zero-order valence-electron chi connectivity index (χ0n) is 14.0. The van der Waals surface area contributed by atoms with Crippen LogP contribution in [0.25, 0.3) is 0 Å². The fraction of sp³-hybridized carbons (Fsp3) is 0.188. The maximum atomic E-state index is 12.7. The van der Waals surface area contributed by atoms with Crippen LogP contribution in [0, 0.1) is 10.1 Å². The second-order valence-corrected chi connectivity index (χ2v) is 5.94. The van der Waals surface area contributed by atoms with E-state index in [1.807, 2.05) is 0 Å². The van der Waals surface area contributed by atoms with Gasteiger partial charge in [-0.3, -0.25) is 15.5 Å². The summed E-state index contributed by atoms with van der Waals surface area (Å²) in [6.07, 6.45) is -3.36. The second kappa shape index (κ2) is 8.25. The van der Waals surface area contributed by atoms with Crippen molar-refractivity contribution in [2.75, 3.05) is 19.6 Å². The van der Waals surface area contributed by atoms with Crippen LogP contribution >= 0.6 is 15.9 Å². The highest BCUT2D eigenvalue weighted by Gasteiger charge is 2.33. The van der Waals surface area contributed by atoms with Gasteiger partial charge in [0, 0.05) is 16.1 Å². The Balaban J connectivity index is 2.30. The quantitative estimate of drug-likeness (QED) is 0.389. The van der Waals surface area contributed by atoms with Gasteiger partial charge in [0.1, 0.15) is 5.69 Å². The molecule has 0 aromatic heterocycles. The number of hydrazone groups is 1. The highest BCUT2D eigenvalue weighted by molar-refractivity contribution is 9.10. The van der Waals surface area contributed by atoms with Crippen molar-refractivity contribution in [2.24, 2.45) is 5.10 Å². The first kappa shape index (κ1) is 20.5. The molecule has 0 heterocycles. The lowest BCUT2D eigenvalue weighted by molar-refractivity contribution is -0.384. The monoisotopic (exact) mass is 447 g/mol. The Morgan fingerprint density at radius 1 is 1.19 bits per heavy atom. The molecule has 0 fully saturated rings. The Bertz CT molecular complexity index is 888. The SMILES string of the molecule is COc1cc(Br)c(/C=N\Nc2ccc(C(F)(F)F)cc2[N+](=O)[O-])cc1OC. The number of nitro benzene ring substituents is 1. The molecule has 7 nitrogen and oxygen atoms in total. The maximum Gasteiger partial charge on any atom is 0.416 e. The minimum Gasteiger partial charge on any atom is -0.493 e. The number of halogens is 4. The molecule has 11 heteroatoms. The highest BCUT2D eigenvalue weighted by Crippen LogP contribution is 2.35. The average molecular weight is 448 g/mol. The molecule has 0 aliphatic rings. The van der Waals surface area contributed by atoms with Crippen LogP contribution in [0.2, 0.25) is 0 Å². The van der Waals surface area contributed by atoms with E-state index in [1.165, 1.54) is 20.4 Å². The topological polar surface area (TPSA) is 86.0 Å². The van der Waals surface area contributed by atoms with Gasteiger partial charge in [-0.05, 0) is 40.2 Å². The number of alkyl halides is 3. The summed E-state index contributed by atoms with van der Waals surface area (Å²) in [4.78, 5) is 10.1. The number of rotatable bonds is 6. The Kier molecular flexibility index (Phi) is 6.26. The third-order valence-electron chi connectivity index (χ3n) is 3.41. The van der Waals surface area contributed by atoms with Gasteiger partial charge in [-0.15, -0.1) is 0 Å². The number of ether oxygens (including phenoxy) is 2. The van der Waals surface area contributed by atoms with E-state index in [9.17, 15) is 23.3 Å². The molecule has 0 unspecified atom stereocenters. The van der Waals surface area contributed by atoms with Crippen LogP contribution < -0.4 is 14.9 Å². The molecule has 0 amide bonds. The molecule has 0 spiro atoms. The van der Waals surface area contributed by atoms with Crippen molar-refractivity contribution in [3.63, 3.8) is 0 Å². The number of nitrogens with zero attached hydrogens (tertiary/aromatic N) is 2. The van der Waals surface area contributed by atoms with E-state index in [0.717, 1.165) is 12.1 Å². The fourth-order valence-electron chi connectivity index (χ4n) is 2.09. The summed E-state index contributed by atoms with van der Waals surface area (Å²) in [5.41, 5.74) is 0.892. The molecule has 0 aliphatic heterocycles. The molecule has 27 heavy (non-hydrogen) atoms. The first-order valence-corrected chi connectivity index (χ1v) is 8.03. The van der Waals surface area contributed by atoms with Gasteiger partial charge in [0.15, 0.2) is 11.5 Å². The van der Waals surface area contributed by atoms with Gasteiger partial charge in [-0.25, -0.2) is 0 Å². The molecule has 0 saturated heterocycles. The van der Waals surface area contributed by atoms with E-state index in [-0.39, 0.29) is 5.69 Å². The number of methoxy groups -OCH3 is 2. The summed E-state index contributed by atoms with van der Waals surface area (Å²) in [5, 5.41) is 14.9. The summed E-state index contributed by atoms with van der Waals surface area (Å²) in [6, 6.07) is 5.37. The summed E-state index contributed by atoms with van der Waals surface area (Å²) in [5.74, 6) is 0.913. The average Bonchev–Trinajstić information content (AvgIpc) is 2.61. The predicted octanol–water partition coefficient (Wildman–Crippen LogP) is 4.84. The molecule has 144 valence electrons.